The Hall–Kier alpha value is -0.940. The van der Waals surface area contributed by atoms with Gasteiger partial charge in [0.1, 0.15) is 5.01 Å². The van der Waals surface area contributed by atoms with Gasteiger partial charge in [0.05, 0.1) is 18.7 Å². The molecule has 1 aromatic heterocycles. The predicted molar refractivity (Wildman–Crippen MR) is 53.5 cm³/mol. The van der Waals surface area contributed by atoms with Crippen molar-refractivity contribution in [1.29, 1.82) is 0 Å². The van der Waals surface area contributed by atoms with Crippen LogP contribution in [0.15, 0.2) is 0 Å². The molecule has 4 nitrogen and oxygen atoms in total. The molecule has 78 valence electrons. The molecule has 1 N–H and O–H groups in total. The average molecular weight is 215 g/mol. The second-order valence-corrected chi connectivity index (χ2v) is 4.11. The molecule has 0 radical (unpaired) electrons. The van der Waals surface area contributed by atoms with E-state index >= 15 is 0 Å². The van der Waals surface area contributed by atoms with Crippen molar-refractivity contribution >= 4 is 17.3 Å². The molecule has 0 bridgehead atoms. The van der Waals surface area contributed by atoms with Gasteiger partial charge in [-0.2, -0.15) is 0 Å². The number of rotatable bonds is 5. The molecular formula is C9H13NO3S. The number of nitrogens with zero attached hydrogens (tertiary/aromatic N) is 1. The van der Waals surface area contributed by atoms with Gasteiger partial charge in [-0.25, -0.2) is 4.98 Å². The zero-order valence-electron chi connectivity index (χ0n) is 8.24. The fourth-order valence-corrected chi connectivity index (χ4v) is 2.17. The van der Waals surface area contributed by atoms with E-state index in [9.17, 15) is 4.79 Å². The molecule has 0 amide bonds. The third kappa shape index (κ3) is 3.08. The summed E-state index contributed by atoms with van der Waals surface area (Å²) in [5.74, 6) is -0.772. The molecule has 0 spiro atoms. The van der Waals surface area contributed by atoms with Crippen molar-refractivity contribution in [3.8, 4) is 0 Å². The number of hydrogen-bond acceptors (Lipinski definition) is 4. The molecule has 1 rings (SSSR count). The molecule has 0 saturated carbocycles. The van der Waals surface area contributed by atoms with Crippen molar-refractivity contribution in [2.45, 2.75) is 26.4 Å². The molecule has 0 saturated heterocycles. The van der Waals surface area contributed by atoms with Crippen molar-refractivity contribution in [3.05, 3.63) is 15.6 Å². The van der Waals surface area contributed by atoms with Gasteiger partial charge in [-0.15, -0.1) is 11.3 Å². The fraction of sp³-hybridized carbons (Fsp3) is 0.556. The van der Waals surface area contributed by atoms with Gasteiger partial charge in [0.2, 0.25) is 0 Å². The van der Waals surface area contributed by atoms with Crippen molar-refractivity contribution in [2.75, 3.05) is 7.11 Å². The van der Waals surface area contributed by atoms with Gasteiger partial charge in [-0.1, -0.05) is 0 Å². The third-order valence-electron chi connectivity index (χ3n) is 1.77. The molecule has 1 heterocycles. The predicted octanol–water partition coefficient (Wildman–Crippen LogP) is 1.62. The Kier molecular flexibility index (Phi) is 4.03. The van der Waals surface area contributed by atoms with Gasteiger partial charge in [0, 0.05) is 12.0 Å². The number of carboxylic acids is 1. The maximum Gasteiger partial charge on any atom is 0.303 e. The largest absolute Gasteiger partial charge is 0.481 e. The number of methoxy groups -OCH3 is 1. The summed E-state index contributed by atoms with van der Waals surface area (Å²) in [4.78, 5) is 15.7. The highest BCUT2D eigenvalue weighted by molar-refractivity contribution is 7.11. The van der Waals surface area contributed by atoms with E-state index in [0.717, 1.165) is 15.6 Å². The van der Waals surface area contributed by atoms with E-state index in [1.54, 1.807) is 7.11 Å². The second kappa shape index (κ2) is 5.07. The van der Waals surface area contributed by atoms with Crippen LogP contribution < -0.4 is 0 Å². The van der Waals surface area contributed by atoms with Crippen LogP contribution in [0.4, 0.5) is 0 Å². The lowest BCUT2D eigenvalue weighted by atomic mass is 10.2. The summed E-state index contributed by atoms with van der Waals surface area (Å²) in [6, 6.07) is 0. The van der Waals surface area contributed by atoms with Gasteiger partial charge in [0.15, 0.2) is 0 Å². The van der Waals surface area contributed by atoms with E-state index in [1.807, 2.05) is 6.92 Å². The summed E-state index contributed by atoms with van der Waals surface area (Å²) in [5.41, 5.74) is 0.920. The Balaban J connectivity index is 2.62. The standard InChI is InChI=1S/C9H13NO3S/c1-6-7(3-4-9(11)12)14-8(10-6)5-13-2/h3-5H2,1-2H3,(H,11,12). The molecule has 1 aromatic rings. The Morgan fingerprint density at radius 1 is 1.64 bits per heavy atom. The smallest absolute Gasteiger partial charge is 0.303 e. The molecule has 0 fully saturated rings. The fourth-order valence-electron chi connectivity index (χ4n) is 1.13. The minimum Gasteiger partial charge on any atom is -0.481 e. The maximum absolute atomic E-state index is 10.4. The summed E-state index contributed by atoms with van der Waals surface area (Å²) >= 11 is 1.53. The molecule has 0 aliphatic rings. The zero-order chi connectivity index (χ0) is 10.6. The summed E-state index contributed by atoms with van der Waals surface area (Å²) in [7, 11) is 1.62. The van der Waals surface area contributed by atoms with E-state index < -0.39 is 5.97 Å². The van der Waals surface area contributed by atoms with Crippen molar-refractivity contribution < 1.29 is 14.6 Å². The molecule has 5 heteroatoms. The van der Waals surface area contributed by atoms with E-state index in [-0.39, 0.29) is 6.42 Å². The number of carbonyl (C=O) groups is 1. The number of aryl methyl sites for hydroxylation is 2. The second-order valence-electron chi connectivity index (χ2n) is 2.94. The van der Waals surface area contributed by atoms with Crippen LogP contribution in [0.25, 0.3) is 0 Å². The first kappa shape index (κ1) is 11.1. The van der Waals surface area contributed by atoms with Gasteiger partial charge < -0.3 is 9.84 Å². The lowest BCUT2D eigenvalue weighted by molar-refractivity contribution is -0.136. The van der Waals surface area contributed by atoms with Crippen LogP contribution in [-0.4, -0.2) is 23.2 Å². The SMILES string of the molecule is COCc1nc(C)c(CCC(=O)O)s1. The van der Waals surface area contributed by atoms with Crippen molar-refractivity contribution in [2.24, 2.45) is 0 Å². The summed E-state index contributed by atoms with van der Waals surface area (Å²) in [6.07, 6.45) is 0.720. The van der Waals surface area contributed by atoms with Crippen molar-refractivity contribution in [1.82, 2.24) is 4.98 Å². The summed E-state index contributed by atoms with van der Waals surface area (Å²) in [5, 5.41) is 9.44. The first-order valence-corrected chi connectivity index (χ1v) is 5.11. The van der Waals surface area contributed by atoms with Crippen LogP contribution in [-0.2, 0) is 22.6 Å². The Bertz CT molecular complexity index is 322. The lowest BCUT2D eigenvalue weighted by Gasteiger charge is -1.93. The highest BCUT2D eigenvalue weighted by Gasteiger charge is 2.08. The molecule has 14 heavy (non-hydrogen) atoms. The third-order valence-corrected chi connectivity index (χ3v) is 2.96. The Morgan fingerprint density at radius 2 is 2.36 bits per heavy atom. The highest BCUT2D eigenvalue weighted by Crippen LogP contribution is 2.20. The molecular weight excluding hydrogens is 202 g/mol. The number of hydrogen-bond donors (Lipinski definition) is 1. The van der Waals surface area contributed by atoms with Gasteiger partial charge in [0.25, 0.3) is 0 Å². The summed E-state index contributed by atoms with van der Waals surface area (Å²) < 4.78 is 4.95. The minimum atomic E-state index is -0.772. The van der Waals surface area contributed by atoms with E-state index in [4.69, 9.17) is 9.84 Å². The van der Waals surface area contributed by atoms with Crippen LogP contribution in [0.5, 0.6) is 0 Å². The minimum absolute atomic E-state index is 0.162. The normalized spacial score (nSPS) is 10.4. The number of thiazole rings is 1. The number of ether oxygens (including phenoxy) is 1. The van der Waals surface area contributed by atoms with Gasteiger partial charge in [-0.3, -0.25) is 4.79 Å². The highest BCUT2D eigenvalue weighted by atomic mass is 32.1. The quantitative estimate of drug-likeness (QED) is 0.810. The topological polar surface area (TPSA) is 59.4 Å². The van der Waals surface area contributed by atoms with Gasteiger partial charge >= 0.3 is 5.97 Å². The van der Waals surface area contributed by atoms with Gasteiger partial charge in [-0.05, 0) is 13.3 Å². The van der Waals surface area contributed by atoms with Crippen LogP contribution >= 0.6 is 11.3 Å². The van der Waals surface area contributed by atoms with Crippen LogP contribution in [0.1, 0.15) is 22.0 Å². The lowest BCUT2D eigenvalue weighted by Crippen LogP contribution is -1.96. The van der Waals surface area contributed by atoms with Crippen LogP contribution in [0.3, 0.4) is 0 Å². The maximum atomic E-state index is 10.4. The van der Waals surface area contributed by atoms with Crippen LogP contribution in [0.2, 0.25) is 0 Å². The number of carboxylic acid groups (broad SMARTS) is 1. The summed E-state index contributed by atoms with van der Waals surface area (Å²) in [6.45, 7) is 2.39. The first-order valence-electron chi connectivity index (χ1n) is 4.29. The molecule has 0 aliphatic carbocycles. The van der Waals surface area contributed by atoms with Crippen molar-refractivity contribution in [3.63, 3.8) is 0 Å². The Labute approximate surface area is 86.6 Å². The molecule has 0 atom stereocenters. The van der Waals surface area contributed by atoms with E-state index in [2.05, 4.69) is 4.98 Å². The number of aromatic nitrogens is 1. The average Bonchev–Trinajstić information content (AvgIpc) is 2.44. The molecule has 0 unspecified atom stereocenters. The number of aliphatic carboxylic acids is 1. The zero-order valence-corrected chi connectivity index (χ0v) is 9.06. The molecule has 0 aliphatic heterocycles. The van der Waals surface area contributed by atoms with Crippen LogP contribution in [0, 0.1) is 6.92 Å². The molecule has 0 aromatic carbocycles. The van der Waals surface area contributed by atoms with E-state index in [0.29, 0.717) is 13.0 Å². The van der Waals surface area contributed by atoms with E-state index in [1.165, 1.54) is 11.3 Å². The Morgan fingerprint density at radius 3 is 2.93 bits per heavy atom. The first-order chi connectivity index (χ1) is 6.63. The monoisotopic (exact) mass is 215 g/mol.